The quantitative estimate of drug-likeness (QED) is 0.858. The average molecular weight is 276 g/mol. The molecule has 1 aromatic rings. The van der Waals surface area contributed by atoms with E-state index < -0.39 is 5.97 Å². The predicted octanol–water partition coefficient (Wildman–Crippen LogP) is 3.22. The maximum Gasteiger partial charge on any atom is 0.335 e. The van der Waals surface area contributed by atoms with E-state index in [4.69, 9.17) is 9.84 Å². The molecule has 0 radical (unpaired) electrons. The van der Waals surface area contributed by atoms with Crippen LogP contribution in [0.1, 0.15) is 54.4 Å². The molecule has 4 nitrogen and oxygen atoms in total. The van der Waals surface area contributed by atoms with Gasteiger partial charge >= 0.3 is 11.9 Å². The Bertz CT molecular complexity index is 487. The Morgan fingerprint density at radius 1 is 1.25 bits per heavy atom. The highest BCUT2D eigenvalue weighted by atomic mass is 16.5. The summed E-state index contributed by atoms with van der Waals surface area (Å²) in [6.45, 7) is 2.25. The Balaban J connectivity index is 1.98. The first-order valence-electron chi connectivity index (χ1n) is 7.11. The Hall–Kier alpha value is -1.84. The molecule has 0 atom stereocenters. The molecule has 1 saturated carbocycles. The normalized spacial score (nSPS) is 22.2. The van der Waals surface area contributed by atoms with Crippen LogP contribution in [0.25, 0.3) is 0 Å². The third-order valence-electron chi connectivity index (χ3n) is 3.95. The van der Waals surface area contributed by atoms with Crippen molar-refractivity contribution < 1.29 is 19.4 Å². The minimum Gasteiger partial charge on any atom is -0.478 e. The zero-order valence-corrected chi connectivity index (χ0v) is 11.7. The van der Waals surface area contributed by atoms with Crippen molar-refractivity contribution in [3.8, 4) is 0 Å². The number of carboxylic acid groups (broad SMARTS) is 1. The second-order valence-electron chi connectivity index (χ2n) is 5.23. The van der Waals surface area contributed by atoms with Crippen molar-refractivity contribution in [2.24, 2.45) is 5.92 Å². The lowest BCUT2D eigenvalue weighted by molar-refractivity contribution is -0.149. The SMILES string of the molecule is CCOC(=O)C1CCC(c2cccc(C(=O)O)c2)CC1. The number of carboxylic acids is 1. The standard InChI is InChI=1S/C16H20O4/c1-2-20-16(19)12-8-6-11(7-9-12)13-4-3-5-14(10-13)15(17)18/h3-5,10-12H,2,6-9H2,1H3,(H,17,18). The third kappa shape index (κ3) is 3.38. The minimum atomic E-state index is -0.896. The molecule has 0 bridgehead atoms. The van der Waals surface area contributed by atoms with Crippen molar-refractivity contribution in [2.45, 2.75) is 38.5 Å². The van der Waals surface area contributed by atoms with E-state index in [1.54, 1.807) is 18.2 Å². The summed E-state index contributed by atoms with van der Waals surface area (Å²) in [5.74, 6) is -0.633. The van der Waals surface area contributed by atoms with Crippen molar-refractivity contribution >= 4 is 11.9 Å². The molecule has 0 spiro atoms. The van der Waals surface area contributed by atoms with Gasteiger partial charge in [0.05, 0.1) is 18.1 Å². The monoisotopic (exact) mass is 276 g/mol. The molecule has 4 heteroatoms. The average Bonchev–Trinajstić information content (AvgIpc) is 2.48. The molecule has 1 N–H and O–H groups in total. The first kappa shape index (κ1) is 14.6. The summed E-state index contributed by atoms with van der Waals surface area (Å²) in [6, 6.07) is 7.12. The van der Waals surface area contributed by atoms with Crippen LogP contribution in [0, 0.1) is 5.92 Å². The second kappa shape index (κ2) is 6.55. The number of ether oxygens (including phenoxy) is 1. The van der Waals surface area contributed by atoms with E-state index in [9.17, 15) is 9.59 Å². The zero-order valence-electron chi connectivity index (χ0n) is 11.7. The van der Waals surface area contributed by atoms with Crippen LogP contribution in [0.3, 0.4) is 0 Å². The number of benzene rings is 1. The van der Waals surface area contributed by atoms with Crippen LogP contribution in [-0.2, 0) is 9.53 Å². The number of carbonyl (C=O) groups excluding carboxylic acids is 1. The number of carbonyl (C=O) groups is 2. The van der Waals surface area contributed by atoms with Gasteiger partial charge in [-0.05, 0) is 56.2 Å². The van der Waals surface area contributed by atoms with E-state index in [0.29, 0.717) is 18.1 Å². The highest BCUT2D eigenvalue weighted by Gasteiger charge is 2.28. The summed E-state index contributed by atoms with van der Waals surface area (Å²) in [6.07, 6.45) is 3.46. The van der Waals surface area contributed by atoms with Crippen molar-refractivity contribution in [1.29, 1.82) is 0 Å². The number of hydrogen-bond donors (Lipinski definition) is 1. The lowest BCUT2D eigenvalue weighted by Gasteiger charge is -2.27. The second-order valence-corrected chi connectivity index (χ2v) is 5.23. The summed E-state index contributed by atoms with van der Waals surface area (Å²) in [5, 5.41) is 9.02. The minimum absolute atomic E-state index is 0.00820. The van der Waals surface area contributed by atoms with Gasteiger partial charge in [-0.3, -0.25) is 4.79 Å². The summed E-state index contributed by atoms with van der Waals surface area (Å²) in [7, 11) is 0. The maximum atomic E-state index is 11.7. The molecule has 2 rings (SSSR count). The van der Waals surface area contributed by atoms with Gasteiger partial charge in [-0.1, -0.05) is 12.1 Å². The summed E-state index contributed by atoms with van der Waals surface area (Å²) in [5.41, 5.74) is 1.39. The van der Waals surface area contributed by atoms with Crippen molar-refractivity contribution in [3.63, 3.8) is 0 Å². The molecule has 1 fully saturated rings. The van der Waals surface area contributed by atoms with E-state index >= 15 is 0 Å². The molecule has 1 aliphatic carbocycles. The molecular weight excluding hydrogens is 256 g/mol. The maximum absolute atomic E-state index is 11.7. The first-order valence-corrected chi connectivity index (χ1v) is 7.11. The Morgan fingerprint density at radius 2 is 1.95 bits per heavy atom. The fourth-order valence-electron chi connectivity index (χ4n) is 2.85. The highest BCUT2D eigenvalue weighted by molar-refractivity contribution is 5.87. The Kier molecular flexibility index (Phi) is 4.77. The lowest BCUT2D eigenvalue weighted by Crippen LogP contribution is -2.23. The molecule has 0 aromatic heterocycles. The number of rotatable bonds is 4. The Labute approximate surface area is 118 Å². The topological polar surface area (TPSA) is 63.6 Å². The molecular formula is C16H20O4. The molecule has 0 aliphatic heterocycles. The number of esters is 1. The van der Waals surface area contributed by atoms with Gasteiger partial charge in [-0.15, -0.1) is 0 Å². The molecule has 108 valence electrons. The van der Waals surface area contributed by atoms with E-state index in [1.165, 1.54) is 0 Å². The van der Waals surface area contributed by atoms with E-state index in [0.717, 1.165) is 31.2 Å². The van der Waals surface area contributed by atoms with Crippen molar-refractivity contribution in [1.82, 2.24) is 0 Å². The van der Waals surface area contributed by atoms with Gasteiger partial charge in [0.2, 0.25) is 0 Å². The molecule has 20 heavy (non-hydrogen) atoms. The van der Waals surface area contributed by atoms with Crippen molar-refractivity contribution in [3.05, 3.63) is 35.4 Å². The highest BCUT2D eigenvalue weighted by Crippen LogP contribution is 2.36. The fourth-order valence-corrected chi connectivity index (χ4v) is 2.85. The van der Waals surface area contributed by atoms with Gasteiger partial charge in [0.25, 0.3) is 0 Å². The van der Waals surface area contributed by atoms with Gasteiger partial charge in [0.1, 0.15) is 0 Å². The van der Waals surface area contributed by atoms with Crippen LogP contribution in [0.15, 0.2) is 24.3 Å². The van der Waals surface area contributed by atoms with Crippen LogP contribution in [-0.4, -0.2) is 23.7 Å². The molecule has 0 unspecified atom stereocenters. The van der Waals surface area contributed by atoms with E-state index in [2.05, 4.69) is 0 Å². The van der Waals surface area contributed by atoms with E-state index in [-0.39, 0.29) is 11.9 Å². The van der Waals surface area contributed by atoms with Crippen LogP contribution in [0.2, 0.25) is 0 Å². The zero-order chi connectivity index (χ0) is 14.5. The third-order valence-corrected chi connectivity index (χ3v) is 3.95. The summed E-state index contributed by atoms with van der Waals surface area (Å²) < 4.78 is 5.06. The molecule has 0 heterocycles. The number of aromatic carboxylic acids is 1. The van der Waals surface area contributed by atoms with Gasteiger partial charge < -0.3 is 9.84 Å². The van der Waals surface area contributed by atoms with Gasteiger partial charge in [0.15, 0.2) is 0 Å². The van der Waals surface area contributed by atoms with Crippen LogP contribution < -0.4 is 0 Å². The molecule has 0 amide bonds. The van der Waals surface area contributed by atoms with Gasteiger partial charge in [-0.25, -0.2) is 4.79 Å². The number of hydrogen-bond acceptors (Lipinski definition) is 3. The fraction of sp³-hybridized carbons (Fsp3) is 0.500. The van der Waals surface area contributed by atoms with Gasteiger partial charge in [-0.2, -0.15) is 0 Å². The van der Waals surface area contributed by atoms with Gasteiger partial charge in [0, 0.05) is 0 Å². The Morgan fingerprint density at radius 3 is 2.55 bits per heavy atom. The summed E-state index contributed by atoms with van der Waals surface area (Å²) in [4.78, 5) is 22.7. The predicted molar refractivity (Wildman–Crippen MR) is 74.7 cm³/mol. The largest absolute Gasteiger partial charge is 0.478 e. The van der Waals surface area contributed by atoms with Crippen molar-refractivity contribution in [2.75, 3.05) is 6.61 Å². The summed E-state index contributed by atoms with van der Waals surface area (Å²) >= 11 is 0. The van der Waals surface area contributed by atoms with E-state index in [1.807, 2.05) is 13.0 Å². The molecule has 1 aliphatic rings. The van der Waals surface area contributed by atoms with Crippen LogP contribution >= 0.6 is 0 Å². The van der Waals surface area contributed by atoms with Crippen LogP contribution in [0.5, 0.6) is 0 Å². The smallest absolute Gasteiger partial charge is 0.335 e. The molecule has 1 aromatic carbocycles. The lowest BCUT2D eigenvalue weighted by atomic mass is 9.78. The first-order chi connectivity index (χ1) is 9.61. The van der Waals surface area contributed by atoms with Crippen LogP contribution in [0.4, 0.5) is 0 Å². The molecule has 0 saturated heterocycles.